The molecule has 0 saturated carbocycles. The van der Waals surface area contributed by atoms with Gasteiger partial charge in [0.1, 0.15) is 12.1 Å². The Morgan fingerprint density at radius 3 is 2.68 bits per heavy atom. The molecule has 4 aromatic rings. The smallest absolute Gasteiger partial charge is 0.257 e. The summed E-state index contributed by atoms with van der Waals surface area (Å²) in [5.74, 6) is 1.48. The van der Waals surface area contributed by atoms with Gasteiger partial charge in [-0.3, -0.25) is 4.40 Å². The summed E-state index contributed by atoms with van der Waals surface area (Å²) in [6.07, 6.45) is 1.70. The Morgan fingerprint density at radius 1 is 1.05 bits per heavy atom. The van der Waals surface area contributed by atoms with Crippen molar-refractivity contribution in [2.45, 2.75) is 0 Å². The number of rotatable bonds is 2. The molecule has 2 heterocycles. The second-order valence-corrected chi connectivity index (χ2v) is 6.13. The van der Waals surface area contributed by atoms with Crippen LogP contribution in [0.2, 0.25) is 0 Å². The monoisotopic (exact) mass is 401 g/mol. The molecule has 22 heavy (non-hydrogen) atoms. The number of halogens is 1. The minimum atomic E-state index is 0.603. The van der Waals surface area contributed by atoms with Crippen LogP contribution in [-0.2, 0) is 0 Å². The molecule has 4 rings (SSSR count). The van der Waals surface area contributed by atoms with Gasteiger partial charge >= 0.3 is 0 Å². The molecule has 2 aromatic carbocycles. The standard InChI is InChI=1S/C16H12IN5/c1-21(14-9-5-3-7-12(14)17)15-11-6-2-4-8-13(11)22-10-18-20-16(22)19-15/h2-10H,1H3. The summed E-state index contributed by atoms with van der Waals surface area (Å²) in [5.41, 5.74) is 2.16. The first-order chi connectivity index (χ1) is 10.8. The second kappa shape index (κ2) is 5.20. The third kappa shape index (κ3) is 2.02. The highest BCUT2D eigenvalue weighted by Crippen LogP contribution is 2.32. The van der Waals surface area contributed by atoms with Gasteiger partial charge in [-0.25, -0.2) is 0 Å². The van der Waals surface area contributed by atoms with E-state index >= 15 is 0 Å². The van der Waals surface area contributed by atoms with Gasteiger partial charge in [0, 0.05) is 16.0 Å². The Hall–Kier alpha value is -2.22. The molecule has 5 nitrogen and oxygen atoms in total. The van der Waals surface area contributed by atoms with Gasteiger partial charge in [-0.2, -0.15) is 4.98 Å². The molecule has 0 bridgehead atoms. The van der Waals surface area contributed by atoms with E-state index in [1.54, 1.807) is 6.33 Å². The van der Waals surface area contributed by atoms with Crippen molar-refractivity contribution in [3.8, 4) is 0 Å². The minimum absolute atomic E-state index is 0.603. The summed E-state index contributed by atoms with van der Waals surface area (Å²) in [4.78, 5) is 6.79. The number of para-hydroxylation sites is 2. The van der Waals surface area contributed by atoms with Gasteiger partial charge in [0.05, 0.1) is 11.2 Å². The molecular weight excluding hydrogens is 389 g/mol. The van der Waals surface area contributed by atoms with Gasteiger partial charge in [-0.1, -0.05) is 24.3 Å². The maximum Gasteiger partial charge on any atom is 0.257 e. The molecular formula is C16H12IN5. The topological polar surface area (TPSA) is 46.3 Å². The molecule has 6 heteroatoms. The molecule has 0 fully saturated rings. The summed E-state index contributed by atoms with van der Waals surface area (Å²) >= 11 is 2.34. The summed E-state index contributed by atoms with van der Waals surface area (Å²) in [6, 6.07) is 16.4. The van der Waals surface area contributed by atoms with Gasteiger partial charge in [-0.15, -0.1) is 10.2 Å². The van der Waals surface area contributed by atoms with Gasteiger partial charge in [0.25, 0.3) is 5.78 Å². The van der Waals surface area contributed by atoms with Crippen LogP contribution in [0, 0.1) is 3.57 Å². The zero-order valence-corrected chi connectivity index (χ0v) is 14.0. The van der Waals surface area contributed by atoms with E-state index in [2.05, 4.69) is 62.0 Å². The van der Waals surface area contributed by atoms with Crippen molar-refractivity contribution in [2.75, 3.05) is 11.9 Å². The predicted octanol–water partition coefficient (Wildman–Crippen LogP) is 3.65. The first-order valence-electron chi connectivity index (χ1n) is 6.82. The van der Waals surface area contributed by atoms with Crippen LogP contribution in [0.4, 0.5) is 11.5 Å². The molecule has 0 amide bonds. The fourth-order valence-electron chi connectivity index (χ4n) is 2.60. The highest BCUT2D eigenvalue weighted by Gasteiger charge is 2.15. The molecule has 0 atom stereocenters. The maximum absolute atomic E-state index is 4.69. The Kier molecular flexibility index (Phi) is 3.18. The number of hydrogen-bond acceptors (Lipinski definition) is 4. The van der Waals surface area contributed by atoms with Crippen LogP contribution in [0.15, 0.2) is 54.9 Å². The van der Waals surface area contributed by atoms with Crippen molar-refractivity contribution in [3.05, 3.63) is 58.4 Å². The lowest BCUT2D eigenvalue weighted by Crippen LogP contribution is -2.14. The first kappa shape index (κ1) is 13.4. The molecule has 0 aliphatic rings. The van der Waals surface area contributed by atoms with Crippen molar-refractivity contribution in [2.24, 2.45) is 0 Å². The van der Waals surface area contributed by atoms with E-state index in [0.29, 0.717) is 5.78 Å². The fourth-order valence-corrected chi connectivity index (χ4v) is 3.35. The average molecular weight is 401 g/mol. The van der Waals surface area contributed by atoms with Crippen molar-refractivity contribution in [1.82, 2.24) is 19.6 Å². The molecule has 0 aliphatic heterocycles. The first-order valence-corrected chi connectivity index (χ1v) is 7.90. The average Bonchev–Trinajstić information content (AvgIpc) is 3.03. The van der Waals surface area contributed by atoms with E-state index < -0.39 is 0 Å². The molecule has 0 N–H and O–H groups in total. The second-order valence-electron chi connectivity index (χ2n) is 4.96. The molecule has 0 saturated heterocycles. The lowest BCUT2D eigenvalue weighted by atomic mass is 10.2. The van der Waals surface area contributed by atoms with Crippen molar-refractivity contribution in [3.63, 3.8) is 0 Å². The number of benzene rings is 2. The summed E-state index contributed by atoms with van der Waals surface area (Å²) < 4.78 is 3.08. The maximum atomic E-state index is 4.69. The Balaban J connectivity index is 2.02. The van der Waals surface area contributed by atoms with Gasteiger partial charge in [-0.05, 0) is 46.9 Å². The lowest BCUT2D eigenvalue weighted by Gasteiger charge is -2.21. The van der Waals surface area contributed by atoms with Crippen LogP contribution in [0.25, 0.3) is 16.7 Å². The van der Waals surface area contributed by atoms with Gasteiger partial charge in [0.2, 0.25) is 0 Å². The van der Waals surface area contributed by atoms with E-state index in [1.807, 2.05) is 35.7 Å². The number of fused-ring (bicyclic) bond motifs is 3. The quantitative estimate of drug-likeness (QED) is 0.481. The Bertz CT molecular complexity index is 979. The zero-order valence-electron chi connectivity index (χ0n) is 11.8. The van der Waals surface area contributed by atoms with Crippen LogP contribution in [0.1, 0.15) is 0 Å². The molecule has 2 aromatic heterocycles. The number of anilines is 2. The van der Waals surface area contributed by atoms with E-state index in [4.69, 9.17) is 4.98 Å². The van der Waals surface area contributed by atoms with E-state index in [9.17, 15) is 0 Å². The van der Waals surface area contributed by atoms with E-state index in [-0.39, 0.29) is 0 Å². The SMILES string of the molecule is CN(c1ccccc1I)c1nc2nncn2c2ccccc12. The lowest BCUT2D eigenvalue weighted by molar-refractivity contribution is 1.08. The predicted molar refractivity (Wildman–Crippen MR) is 95.5 cm³/mol. The van der Waals surface area contributed by atoms with E-state index in [0.717, 1.165) is 22.4 Å². The normalized spacial score (nSPS) is 11.2. The molecule has 0 aliphatic carbocycles. The number of hydrogen-bond donors (Lipinski definition) is 0. The summed E-state index contributed by atoms with van der Waals surface area (Å²) in [5, 5.41) is 9.14. The highest BCUT2D eigenvalue weighted by atomic mass is 127. The van der Waals surface area contributed by atoms with Gasteiger partial charge in [0.15, 0.2) is 0 Å². The molecule has 0 unspecified atom stereocenters. The Morgan fingerprint density at radius 2 is 1.82 bits per heavy atom. The summed E-state index contributed by atoms with van der Waals surface area (Å²) in [6.45, 7) is 0. The van der Waals surface area contributed by atoms with Crippen molar-refractivity contribution >= 4 is 50.8 Å². The van der Waals surface area contributed by atoms with Crippen molar-refractivity contribution in [1.29, 1.82) is 0 Å². The Labute approximate surface area is 140 Å². The van der Waals surface area contributed by atoms with Crippen LogP contribution in [0.5, 0.6) is 0 Å². The van der Waals surface area contributed by atoms with Crippen LogP contribution >= 0.6 is 22.6 Å². The third-order valence-corrected chi connectivity index (χ3v) is 4.58. The van der Waals surface area contributed by atoms with Crippen molar-refractivity contribution < 1.29 is 0 Å². The van der Waals surface area contributed by atoms with Crippen LogP contribution < -0.4 is 4.90 Å². The fraction of sp³-hybridized carbons (Fsp3) is 0.0625. The largest absolute Gasteiger partial charge is 0.328 e. The molecule has 0 spiro atoms. The van der Waals surface area contributed by atoms with Crippen LogP contribution in [-0.4, -0.2) is 26.6 Å². The number of nitrogens with zero attached hydrogens (tertiary/aromatic N) is 5. The van der Waals surface area contributed by atoms with E-state index in [1.165, 1.54) is 3.57 Å². The van der Waals surface area contributed by atoms with Crippen LogP contribution in [0.3, 0.4) is 0 Å². The summed E-state index contributed by atoms with van der Waals surface area (Å²) in [7, 11) is 2.03. The molecule has 108 valence electrons. The molecule has 0 radical (unpaired) electrons. The minimum Gasteiger partial charge on any atom is -0.328 e. The highest BCUT2D eigenvalue weighted by molar-refractivity contribution is 14.1. The third-order valence-electron chi connectivity index (χ3n) is 3.67. The van der Waals surface area contributed by atoms with Gasteiger partial charge < -0.3 is 4.90 Å². The zero-order chi connectivity index (χ0) is 15.1. The number of aromatic nitrogens is 4.